The zero-order valence-corrected chi connectivity index (χ0v) is 10.6. The first-order valence-corrected chi connectivity index (χ1v) is 6.35. The fourth-order valence-corrected chi connectivity index (χ4v) is 2.29. The van der Waals surface area contributed by atoms with E-state index in [-0.39, 0.29) is 5.78 Å². The standard InChI is InChI=1S/C12H8BrFOS/c13-10-4-3-8(6-11(10)14)12(15)7-9-2-1-5-16-9/h1-6H,7H2. The summed E-state index contributed by atoms with van der Waals surface area (Å²) in [7, 11) is 0. The minimum Gasteiger partial charge on any atom is -0.294 e. The highest BCUT2D eigenvalue weighted by Gasteiger charge is 2.10. The lowest BCUT2D eigenvalue weighted by Crippen LogP contribution is -2.02. The minimum absolute atomic E-state index is 0.0612. The highest BCUT2D eigenvalue weighted by Crippen LogP contribution is 2.18. The van der Waals surface area contributed by atoms with Crippen LogP contribution in [-0.4, -0.2) is 5.78 Å². The summed E-state index contributed by atoms with van der Waals surface area (Å²) in [5.41, 5.74) is 0.411. The number of carbonyl (C=O) groups is 1. The van der Waals surface area contributed by atoms with E-state index in [9.17, 15) is 9.18 Å². The monoisotopic (exact) mass is 298 g/mol. The molecule has 0 radical (unpaired) electrons. The summed E-state index contributed by atoms with van der Waals surface area (Å²) < 4.78 is 13.6. The van der Waals surface area contributed by atoms with Crippen molar-refractivity contribution in [1.29, 1.82) is 0 Å². The van der Waals surface area contributed by atoms with Crippen molar-refractivity contribution in [3.8, 4) is 0 Å². The van der Waals surface area contributed by atoms with Gasteiger partial charge in [-0.15, -0.1) is 11.3 Å². The van der Waals surface area contributed by atoms with Crippen molar-refractivity contribution in [1.82, 2.24) is 0 Å². The number of halogens is 2. The molecule has 1 aromatic carbocycles. The fraction of sp³-hybridized carbons (Fsp3) is 0.0833. The van der Waals surface area contributed by atoms with Gasteiger partial charge in [-0.1, -0.05) is 12.1 Å². The largest absolute Gasteiger partial charge is 0.294 e. The molecule has 0 saturated heterocycles. The Morgan fingerprint density at radius 1 is 1.38 bits per heavy atom. The molecule has 0 aliphatic rings. The number of thiophene rings is 1. The Bertz CT molecular complexity index is 508. The molecule has 2 aromatic rings. The van der Waals surface area contributed by atoms with Crippen LogP contribution in [0.15, 0.2) is 40.2 Å². The topological polar surface area (TPSA) is 17.1 Å². The lowest BCUT2D eigenvalue weighted by atomic mass is 10.1. The summed E-state index contributed by atoms with van der Waals surface area (Å²) in [6, 6.07) is 8.24. The van der Waals surface area contributed by atoms with E-state index >= 15 is 0 Å². The number of benzene rings is 1. The first-order valence-electron chi connectivity index (χ1n) is 4.67. The number of ketones is 1. The minimum atomic E-state index is -0.406. The smallest absolute Gasteiger partial charge is 0.168 e. The van der Waals surface area contributed by atoms with Crippen LogP contribution in [0, 0.1) is 5.82 Å². The van der Waals surface area contributed by atoms with Gasteiger partial charge in [0.2, 0.25) is 0 Å². The molecule has 82 valence electrons. The SMILES string of the molecule is O=C(Cc1cccs1)c1ccc(Br)c(F)c1. The molecule has 0 N–H and O–H groups in total. The van der Waals surface area contributed by atoms with E-state index in [4.69, 9.17) is 0 Å². The molecular formula is C12H8BrFOS. The third-order valence-electron chi connectivity index (χ3n) is 2.16. The van der Waals surface area contributed by atoms with Gasteiger partial charge in [-0.25, -0.2) is 4.39 Å². The van der Waals surface area contributed by atoms with Crippen molar-refractivity contribution in [2.75, 3.05) is 0 Å². The average Bonchev–Trinajstić information content (AvgIpc) is 2.74. The average molecular weight is 299 g/mol. The summed E-state index contributed by atoms with van der Waals surface area (Å²) in [4.78, 5) is 12.8. The summed E-state index contributed by atoms with van der Waals surface area (Å²) >= 11 is 4.58. The molecule has 0 aliphatic carbocycles. The van der Waals surface area contributed by atoms with Crippen molar-refractivity contribution < 1.29 is 9.18 Å². The number of hydrogen-bond donors (Lipinski definition) is 0. The predicted molar refractivity (Wildman–Crippen MR) is 66.5 cm³/mol. The molecule has 1 nitrogen and oxygen atoms in total. The van der Waals surface area contributed by atoms with E-state index in [0.717, 1.165) is 4.88 Å². The van der Waals surface area contributed by atoms with E-state index in [1.807, 2.05) is 17.5 Å². The molecule has 0 aliphatic heterocycles. The summed E-state index contributed by atoms with van der Waals surface area (Å²) in [5, 5.41) is 1.92. The van der Waals surface area contributed by atoms with Gasteiger partial charge in [0.05, 0.1) is 4.47 Å². The molecule has 0 saturated carbocycles. The van der Waals surface area contributed by atoms with Crippen molar-refractivity contribution in [3.05, 3.63) is 56.4 Å². The van der Waals surface area contributed by atoms with Crippen molar-refractivity contribution in [3.63, 3.8) is 0 Å². The molecule has 0 amide bonds. The van der Waals surface area contributed by atoms with Crippen LogP contribution in [0.5, 0.6) is 0 Å². The van der Waals surface area contributed by atoms with Gasteiger partial charge >= 0.3 is 0 Å². The van der Waals surface area contributed by atoms with Crippen molar-refractivity contribution in [2.45, 2.75) is 6.42 Å². The molecule has 0 fully saturated rings. The first kappa shape index (κ1) is 11.5. The number of hydrogen-bond acceptors (Lipinski definition) is 2. The third-order valence-corrected chi connectivity index (χ3v) is 3.68. The highest BCUT2D eigenvalue weighted by molar-refractivity contribution is 9.10. The van der Waals surface area contributed by atoms with Crippen LogP contribution >= 0.6 is 27.3 Å². The molecule has 4 heteroatoms. The van der Waals surface area contributed by atoms with Crippen LogP contribution in [0.4, 0.5) is 4.39 Å². The lowest BCUT2D eigenvalue weighted by molar-refractivity contribution is 0.0993. The van der Waals surface area contributed by atoms with Crippen LogP contribution in [0.25, 0.3) is 0 Å². The van der Waals surface area contributed by atoms with E-state index in [0.29, 0.717) is 16.5 Å². The fourth-order valence-electron chi connectivity index (χ4n) is 1.34. The Labute approximate surface area is 105 Å². The van der Waals surface area contributed by atoms with Crippen molar-refractivity contribution >= 4 is 33.0 Å². The van der Waals surface area contributed by atoms with Gasteiger partial charge in [0.25, 0.3) is 0 Å². The van der Waals surface area contributed by atoms with E-state index in [1.165, 1.54) is 17.4 Å². The molecule has 0 unspecified atom stereocenters. The Hall–Kier alpha value is -1.000. The van der Waals surface area contributed by atoms with Gasteiger partial charge in [0, 0.05) is 16.9 Å². The number of rotatable bonds is 3. The maximum absolute atomic E-state index is 13.2. The van der Waals surface area contributed by atoms with E-state index in [2.05, 4.69) is 15.9 Å². The van der Waals surface area contributed by atoms with Gasteiger partial charge in [-0.2, -0.15) is 0 Å². The molecule has 1 aromatic heterocycles. The summed E-state index contributed by atoms with van der Waals surface area (Å²) in [6.45, 7) is 0. The molecule has 0 atom stereocenters. The summed E-state index contributed by atoms with van der Waals surface area (Å²) in [6.07, 6.45) is 0.332. The first-order chi connectivity index (χ1) is 7.66. The zero-order valence-electron chi connectivity index (χ0n) is 8.24. The van der Waals surface area contributed by atoms with Crippen LogP contribution < -0.4 is 0 Å². The molecular weight excluding hydrogens is 291 g/mol. The molecule has 0 spiro atoms. The van der Waals surface area contributed by atoms with Crippen LogP contribution in [0.3, 0.4) is 0 Å². The van der Waals surface area contributed by atoms with Gasteiger partial charge in [-0.05, 0) is 39.5 Å². The van der Waals surface area contributed by atoms with Crippen LogP contribution in [0.1, 0.15) is 15.2 Å². The van der Waals surface area contributed by atoms with E-state index in [1.54, 1.807) is 12.1 Å². The van der Waals surface area contributed by atoms with Gasteiger partial charge in [-0.3, -0.25) is 4.79 Å². The molecule has 2 rings (SSSR count). The molecule has 16 heavy (non-hydrogen) atoms. The van der Waals surface area contributed by atoms with Gasteiger partial charge in [0.1, 0.15) is 5.82 Å². The van der Waals surface area contributed by atoms with Crippen molar-refractivity contribution in [2.24, 2.45) is 0 Å². The zero-order chi connectivity index (χ0) is 11.5. The van der Waals surface area contributed by atoms with E-state index < -0.39 is 5.82 Å². The Balaban J connectivity index is 2.18. The maximum Gasteiger partial charge on any atom is 0.168 e. The molecule has 0 bridgehead atoms. The second kappa shape index (κ2) is 4.89. The van der Waals surface area contributed by atoms with Gasteiger partial charge in [0.15, 0.2) is 5.78 Å². The van der Waals surface area contributed by atoms with Crippen LogP contribution in [0.2, 0.25) is 0 Å². The Kier molecular flexibility index (Phi) is 3.51. The van der Waals surface area contributed by atoms with Gasteiger partial charge < -0.3 is 0 Å². The second-order valence-electron chi connectivity index (χ2n) is 3.31. The number of carbonyl (C=O) groups excluding carboxylic acids is 1. The van der Waals surface area contributed by atoms with Crippen LogP contribution in [-0.2, 0) is 6.42 Å². The lowest BCUT2D eigenvalue weighted by Gasteiger charge is -2.00. The Morgan fingerprint density at radius 3 is 2.81 bits per heavy atom. The number of Topliss-reactive ketones (excluding diaryl/α,β-unsaturated/α-hetero) is 1. The predicted octanol–water partition coefficient (Wildman–Crippen LogP) is 4.08. The maximum atomic E-state index is 13.2. The quantitative estimate of drug-likeness (QED) is 0.781. The third kappa shape index (κ3) is 2.57. The normalized spacial score (nSPS) is 10.4. The summed E-state index contributed by atoms with van der Waals surface area (Å²) in [5.74, 6) is -0.467. The second-order valence-corrected chi connectivity index (χ2v) is 5.19. The highest BCUT2D eigenvalue weighted by atomic mass is 79.9. The Morgan fingerprint density at radius 2 is 2.19 bits per heavy atom. The molecule has 1 heterocycles.